The van der Waals surface area contributed by atoms with Crippen LogP contribution in [0, 0.1) is 0 Å². The zero-order valence-electron chi connectivity index (χ0n) is 37.4. The number of nitrogens with two attached hydrogens (primary N) is 3. The number of nitrogens with one attached hydrogen (secondary N) is 8. The molecule has 0 spiro atoms. The molecule has 23 nitrogen and oxygen atoms in total. The molecule has 0 bridgehead atoms. The predicted molar refractivity (Wildman–Crippen MR) is 252 cm³/mol. The SMILES string of the molecule is CSCC[C@H](N)C(=O)N[C@@H](CCC(=O)O)C(=O)N[C@@H](Cc1cnc[nH]1)C(=O)N[C@H](Cc1ccccc1)C(=O)N[C@@H](CCCN=C(N)N)C(=O)N[C@@H](Cc1c[nH]c2ccccc12)C(=O)NCC(=O)O. The highest BCUT2D eigenvalue weighted by atomic mass is 32.2. The third-order valence-electron chi connectivity index (χ3n) is 10.5. The summed E-state index contributed by atoms with van der Waals surface area (Å²) in [5.41, 5.74) is 19.5. The first kappa shape index (κ1) is 53.1. The molecule has 0 saturated heterocycles. The molecule has 2 heterocycles. The number of guanidine groups is 1. The number of H-pyrrole nitrogens is 2. The third kappa shape index (κ3) is 17.7. The van der Waals surface area contributed by atoms with Gasteiger partial charge in [0, 0.05) is 61.2 Å². The number of fused-ring (bicyclic) bond motifs is 1. The second kappa shape index (κ2) is 27.2. The molecular weight excluding hydrogens is 903 g/mol. The average Bonchev–Trinajstić information content (AvgIpc) is 3.99. The van der Waals surface area contributed by atoms with E-state index >= 15 is 0 Å². The zero-order chi connectivity index (χ0) is 49.6. The van der Waals surface area contributed by atoms with E-state index in [2.05, 4.69) is 51.8 Å². The fraction of sp³-hybridized carbons (Fsp3) is 0.409. The van der Waals surface area contributed by atoms with Crippen LogP contribution in [0.25, 0.3) is 10.9 Å². The van der Waals surface area contributed by atoms with Crippen LogP contribution in [0.1, 0.15) is 48.9 Å². The highest BCUT2D eigenvalue weighted by molar-refractivity contribution is 7.98. The van der Waals surface area contributed by atoms with E-state index in [0.29, 0.717) is 22.6 Å². The first-order valence-corrected chi connectivity index (χ1v) is 23.0. The number of benzene rings is 2. The van der Waals surface area contributed by atoms with Crippen molar-refractivity contribution in [1.82, 2.24) is 46.9 Å². The predicted octanol–water partition coefficient (Wildman–Crippen LogP) is -1.46. The molecule has 0 unspecified atom stereocenters. The van der Waals surface area contributed by atoms with Gasteiger partial charge in [0.2, 0.25) is 35.4 Å². The van der Waals surface area contributed by atoms with Crippen LogP contribution < -0.4 is 49.1 Å². The number of carbonyl (C=O) groups is 8. The molecule has 0 aliphatic carbocycles. The average molecular weight is 962 g/mol. The van der Waals surface area contributed by atoms with Crippen molar-refractivity contribution in [3.63, 3.8) is 0 Å². The van der Waals surface area contributed by atoms with Crippen molar-refractivity contribution < 1.29 is 48.6 Å². The number of carbonyl (C=O) groups excluding carboxylic acids is 6. The van der Waals surface area contributed by atoms with E-state index in [1.165, 1.54) is 24.3 Å². The Balaban J connectivity index is 1.64. The van der Waals surface area contributed by atoms with Crippen LogP contribution in [0.2, 0.25) is 0 Å². The van der Waals surface area contributed by atoms with Crippen molar-refractivity contribution in [2.24, 2.45) is 22.2 Å². The number of thioether (sulfide) groups is 1. The Morgan fingerprint density at radius 3 is 1.90 bits per heavy atom. The Bertz CT molecular complexity index is 2360. The van der Waals surface area contributed by atoms with Gasteiger partial charge in [-0.25, -0.2) is 4.98 Å². The van der Waals surface area contributed by atoms with Crippen molar-refractivity contribution in [1.29, 1.82) is 0 Å². The van der Waals surface area contributed by atoms with Gasteiger partial charge in [-0.05, 0) is 54.9 Å². The number of nitrogens with zero attached hydrogens (tertiary/aromatic N) is 2. The Hall–Kier alpha value is -7.47. The molecule has 6 amide bonds. The number of hydrogen-bond donors (Lipinski definition) is 13. The number of carboxylic acids is 2. The van der Waals surface area contributed by atoms with Gasteiger partial charge in [0.05, 0.1) is 12.4 Å². The lowest BCUT2D eigenvalue weighted by Crippen LogP contribution is -2.60. The van der Waals surface area contributed by atoms with E-state index in [0.717, 1.165) is 10.9 Å². The summed E-state index contributed by atoms with van der Waals surface area (Å²) in [6, 6.07) is 7.90. The lowest BCUT2D eigenvalue weighted by Gasteiger charge is -2.27. The quantitative estimate of drug-likeness (QED) is 0.0168. The zero-order valence-corrected chi connectivity index (χ0v) is 38.2. The summed E-state index contributed by atoms with van der Waals surface area (Å²) in [5, 5.41) is 35.0. The summed E-state index contributed by atoms with van der Waals surface area (Å²) in [6.07, 6.45) is 5.40. The van der Waals surface area contributed by atoms with E-state index in [4.69, 9.17) is 17.2 Å². The molecule has 2 aromatic carbocycles. The van der Waals surface area contributed by atoms with Gasteiger partial charge in [-0.1, -0.05) is 48.5 Å². The molecule has 4 rings (SSSR count). The minimum Gasteiger partial charge on any atom is -0.481 e. The first-order chi connectivity index (χ1) is 32.5. The number of rotatable bonds is 29. The maximum absolute atomic E-state index is 14.5. The maximum atomic E-state index is 14.5. The fourth-order valence-electron chi connectivity index (χ4n) is 6.95. The first-order valence-electron chi connectivity index (χ1n) is 21.6. The van der Waals surface area contributed by atoms with Crippen molar-refractivity contribution in [2.75, 3.05) is 25.1 Å². The Labute approximate surface area is 395 Å². The normalized spacial score (nSPS) is 13.6. The van der Waals surface area contributed by atoms with E-state index in [1.54, 1.807) is 42.6 Å². The van der Waals surface area contributed by atoms with Crippen LogP contribution in [-0.2, 0) is 57.6 Å². The van der Waals surface area contributed by atoms with Gasteiger partial charge in [0.15, 0.2) is 5.96 Å². The molecule has 4 aromatic rings. The monoisotopic (exact) mass is 961 g/mol. The molecule has 6 atom stereocenters. The van der Waals surface area contributed by atoms with Gasteiger partial charge >= 0.3 is 11.9 Å². The van der Waals surface area contributed by atoms with Gasteiger partial charge in [-0.3, -0.25) is 43.3 Å². The highest BCUT2D eigenvalue weighted by Crippen LogP contribution is 2.20. The van der Waals surface area contributed by atoms with E-state index in [9.17, 15) is 48.6 Å². The number of aliphatic carboxylic acids is 2. The number of imidazole rings is 1. The molecule has 0 saturated carbocycles. The van der Waals surface area contributed by atoms with Crippen LogP contribution in [0.15, 0.2) is 78.3 Å². The number of hydrogen-bond acceptors (Lipinski definition) is 12. The van der Waals surface area contributed by atoms with Crippen molar-refractivity contribution >= 4 is 76.0 Å². The molecule has 24 heteroatoms. The molecule has 68 heavy (non-hydrogen) atoms. The molecule has 0 radical (unpaired) electrons. The van der Waals surface area contributed by atoms with Crippen LogP contribution in [0.3, 0.4) is 0 Å². The van der Waals surface area contributed by atoms with Crippen molar-refractivity contribution in [3.05, 3.63) is 90.1 Å². The van der Waals surface area contributed by atoms with Crippen LogP contribution in [0.5, 0.6) is 0 Å². The minimum absolute atomic E-state index is 0.0522. The number of carboxylic acid groups (broad SMARTS) is 2. The summed E-state index contributed by atoms with van der Waals surface area (Å²) in [4.78, 5) is 120. The van der Waals surface area contributed by atoms with Crippen molar-refractivity contribution in [3.8, 4) is 0 Å². The largest absolute Gasteiger partial charge is 0.481 e. The number of para-hydroxylation sites is 1. The van der Waals surface area contributed by atoms with Gasteiger partial charge in [-0.15, -0.1) is 0 Å². The van der Waals surface area contributed by atoms with Gasteiger partial charge < -0.3 is 69.3 Å². The molecule has 16 N–H and O–H groups in total. The van der Waals surface area contributed by atoms with Crippen LogP contribution >= 0.6 is 11.8 Å². The van der Waals surface area contributed by atoms with Gasteiger partial charge in [0.1, 0.15) is 36.8 Å². The Morgan fingerprint density at radius 1 is 0.691 bits per heavy atom. The third-order valence-corrected chi connectivity index (χ3v) is 11.1. The van der Waals surface area contributed by atoms with Gasteiger partial charge in [-0.2, -0.15) is 11.8 Å². The van der Waals surface area contributed by atoms with Gasteiger partial charge in [0.25, 0.3) is 0 Å². The smallest absolute Gasteiger partial charge is 0.322 e. The fourth-order valence-corrected chi connectivity index (χ4v) is 7.44. The second-order valence-electron chi connectivity index (χ2n) is 15.7. The van der Waals surface area contributed by atoms with E-state index < -0.39 is 96.6 Å². The number of aromatic nitrogens is 3. The summed E-state index contributed by atoms with van der Waals surface area (Å²) in [6.45, 7) is -0.679. The molecule has 2 aromatic heterocycles. The van der Waals surface area contributed by atoms with Crippen LogP contribution in [-0.4, -0.2) is 140 Å². The van der Waals surface area contributed by atoms with Crippen molar-refractivity contribution in [2.45, 2.75) is 87.6 Å². The lowest BCUT2D eigenvalue weighted by molar-refractivity contribution is -0.139. The van der Waals surface area contributed by atoms with Crippen LogP contribution in [0.4, 0.5) is 0 Å². The summed E-state index contributed by atoms with van der Waals surface area (Å²) >= 11 is 1.46. The lowest BCUT2D eigenvalue weighted by atomic mass is 10.0. The summed E-state index contributed by atoms with van der Waals surface area (Å²) in [5.74, 6) is -7.15. The Morgan fingerprint density at radius 2 is 1.28 bits per heavy atom. The molecule has 0 fully saturated rings. The Kier molecular flexibility index (Phi) is 21.3. The highest BCUT2D eigenvalue weighted by Gasteiger charge is 2.34. The van der Waals surface area contributed by atoms with E-state index in [1.807, 2.05) is 24.5 Å². The molecule has 0 aliphatic heterocycles. The molecule has 366 valence electrons. The summed E-state index contributed by atoms with van der Waals surface area (Å²) in [7, 11) is 0. The number of aliphatic imine (C=N–C) groups is 1. The number of aromatic amines is 2. The summed E-state index contributed by atoms with van der Waals surface area (Å²) < 4.78 is 0. The topological polar surface area (TPSA) is 384 Å². The molecular formula is C44H59N13O10S. The standard InChI is InChI=1S/C44H59N13O10S/c1-68-17-15-29(45)38(62)53-32(13-14-36(58)59)41(65)57-35(20-27-22-48-24-52-27)43(67)55-33(18-25-8-3-2-4-9-25)42(66)54-31(12-7-16-49-44(46)47)40(64)56-34(39(63)51-23-37(60)61)19-26-21-50-30-11-6-5-10-28(26)30/h2-6,8-11,21-22,24,29,31-35,50H,7,12-20,23,45H2,1H3,(H,48,52)(H,51,63)(H,53,62)(H,54,66)(H,55,67)(H,56,64)(H,57,65)(H,58,59)(H,60,61)(H4,46,47,49)/t29-,31-,32-,33+,34-,35-/m0/s1. The van der Waals surface area contributed by atoms with E-state index in [-0.39, 0.29) is 57.5 Å². The minimum atomic E-state index is -1.43. The molecule has 0 aliphatic rings. The number of amides is 6. The second-order valence-corrected chi connectivity index (χ2v) is 16.7. The maximum Gasteiger partial charge on any atom is 0.322 e.